The zero-order chi connectivity index (χ0) is 21.1. The summed E-state index contributed by atoms with van der Waals surface area (Å²) in [6.07, 6.45) is 0. The van der Waals surface area contributed by atoms with Gasteiger partial charge < -0.3 is 24.6 Å². The number of halogens is 3. The van der Waals surface area contributed by atoms with E-state index in [1.807, 2.05) is 12.1 Å². The second-order valence-electron chi connectivity index (χ2n) is 5.77. The number of anilines is 1. The molecule has 0 saturated carbocycles. The molecule has 0 saturated heterocycles. The van der Waals surface area contributed by atoms with Gasteiger partial charge in [0, 0.05) is 3.57 Å². The molecule has 2 rings (SSSR count). The van der Waals surface area contributed by atoms with Crippen LogP contribution in [0, 0.1) is 10.7 Å². The van der Waals surface area contributed by atoms with Crippen LogP contribution in [0.1, 0.15) is 32.0 Å². The summed E-state index contributed by atoms with van der Waals surface area (Å²) in [4.78, 5) is 0. The van der Waals surface area contributed by atoms with Crippen molar-refractivity contribution in [2.75, 3.05) is 18.9 Å². The van der Waals surface area contributed by atoms with Gasteiger partial charge in [0.1, 0.15) is 0 Å². The number of hydrogen-bond acceptors (Lipinski definition) is 6. The number of nitrogens with two attached hydrogens (primary N) is 1. The normalized spacial score (nSPS) is 12.8. The van der Waals surface area contributed by atoms with E-state index in [9.17, 15) is 9.67 Å². The third-order valence-electron chi connectivity index (χ3n) is 3.92. The Morgan fingerprint density at radius 3 is 2.29 bits per heavy atom. The Hall–Kier alpha value is 0.180. The van der Waals surface area contributed by atoms with Crippen molar-refractivity contribution in [1.29, 1.82) is 0 Å². The highest BCUT2D eigenvalue weighted by Gasteiger charge is 2.35. The monoisotopic (exact) mass is 743 g/mol. The number of rotatable bonds is 8. The van der Waals surface area contributed by atoms with Crippen molar-refractivity contribution < 1.29 is 23.5 Å². The van der Waals surface area contributed by atoms with Gasteiger partial charge in [-0.15, -0.1) is 0 Å². The molecule has 0 radical (unpaired) electrons. The third-order valence-corrected chi connectivity index (χ3v) is 8.93. The number of aromatic hydroxyl groups is 1. The second kappa shape index (κ2) is 10.5. The number of ether oxygens (including phenoxy) is 1. The topological polar surface area (TPSA) is 91.0 Å². The minimum atomic E-state index is -3.36. The van der Waals surface area contributed by atoms with Crippen molar-refractivity contribution >= 4 is 81.1 Å². The Kier molecular flexibility index (Phi) is 9.14. The van der Waals surface area contributed by atoms with Crippen LogP contribution in [0.3, 0.4) is 0 Å². The van der Waals surface area contributed by atoms with Gasteiger partial charge in [-0.1, -0.05) is 0 Å². The van der Waals surface area contributed by atoms with Crippen molar-refractivity contribution in [2.45, 2.75) is 26.4 Å². The first kappa shape index (κ1) is 24.4. The van der Waals surface area contributed by atoms with E-state index in [0.717, 1.165) is 7.14 Å². The van der Waals surface area contributed by atoms with E-state index in [1.165, 1.54) is 0 Å². The molecular weight excluding hydrogens is 722 g/mol. The van der Waals surface area contributed by atoms with E-state index in [4.69, 9.17) is 19.5 Å². The molecule has 0 aromatic heterocycles. The zero-order valence-corrected chi connectivity index (χ0v) is 22.9. The summed E-state index contributed by atoms with van der Waals surface area (Å²) in [5.41, 5.74) is 6.97. The first-order valence-corrected chi connectivity index (χ1v) is 13.3. The molecule has 0 bridgehead atoms. The molecule has 2 aromatic carbocycles. The predicted molar refractivity (Wildman–Crippen MR) is 136 cm³/mol. The molecule has 0 aliphatic carbocycles. The van der Waals surface area contributed by atoms with Gasteiger partial charge in [0.2, 0.25) is 0 Å². The molecule has 6 nitrogen and oxygen atoms in total. The lowest BCUT2D eigenvalue weighted by Gasteiger charge is -2.26. The zero-order valence-electron chi connectivity index (χ0n) is 15.5. The van der Waals surface area contributed by atoms with Crippen LogP contribution in [0.25, 0.3) is 0 Å². The van der Waals surface area contributed by atoms with E-state index in [1.54, 1.807) is 32.9 Å². The standard InChI is InChI=1S/C18H21I3NO5P/c1-4-25-28(24,26-5-2)10(3)12-9-13(20)18(16(21)17(12)22)27-15-7-6-11(19)8-14(15)23/h6-10,23H,4-5,22H2,1-3H3. The number of phenolic OH excluding ortho intramolecular Hbond substituents is 1. The quantitative estimate of drug-likeness (QED) is 0.174. The van der Waals surface area contributed by atoms with Gasteiger partial charge in [-0.05, 0) is 118 Å². The number of nitrogen functional groups attached to an aromatic ring is 1. The molecule has 0 spiro atoms. The van der Waals surface area contributed by atoms with Gasteiger partial charge in [0.05, 0.1) is 31.7 Å². The maximum atomic E-state index is 13.2. The van der Waals surface area contributed by atoms with Gasteiger partial charge in [-0.2, -0.15) is 0 Å². The van der Waals surface area contributed by atoms with Gasteiger partial charge in [0.15, 0.2) is 17.2 Å². The second-order valence-corrected chi connectivity index (χ2v) is 11.6. The van der Waals surface area contributed by atoms with E-state index in [0.29, 0.717) is 26.3 Å². The fourth-order valence-corrected chi connectivity index (χ4v) is 6.76. The summed E-state index contributed by atoms with van der Waals surface area (Å²) in [6.45, 7) is 5.90. The first-order chi connectivity index (χ1) is 13.1. The SMILES string of the molecule is CCOP(=O)(OCC)C(C)c1cc(I)c(Oc2ccc(I)cc2O)c(I)c1N. The van der Waals surface area contributed by atoms with E-state index in [2.05, 4.69) is 67.8 Å². The fourth-order valence-electron chi connectivity index (χ4n) is 2.55. The summed E-state index contributed by atoms with van der Waals surface area (Å²) in [5, 5.41) is 10.1. The van der Waals surface area contributed by atoms with Crippen LogP contribution in [0.15, 0.2) is 24.3 Å². The molecule has 28 heavy (non-hydrogen) atoms. The highest BCUT2D eigenvalue weighted by molar-refractivity contribution is 14.1. The Balaban J connectivity index is 2.47. The van der Waals surface area contributed by atoms with Crippen LogP contribution < -0.4 is 10.5 Å². The number of phenols is 1. The molecule has 0 fully saturated rings. The number of benzene rings is 2. The summed E-state index contributed by atoms with van der Waals surface area (Å²) in [7, 11) is -3.36. The lowest BCUT2D eigenvalue weighted by Crippen LogP contribution is -2.09. The average Bonchev–Trinajstić information content (AvgIpc) is 2.63. The summed E-state index contributed by atoms with van der Waals surface area (Å²) < 4.78 is 32.4. The first-order valence-electron chi connectivity index (χ1n) is 8.47. The largest absolute Gasteiger partial charge is 0.504 e. The average molecular weight is 743 g/mol. The van der Waals surface area contributed by atoms with Crippen molar-refractivity contribution in [1.82, 2.24) is 0 Å². The van der Waals surface area contributed by atoms with Gasteiger partial charge in [0.25, 0.3) is 0 Å². The Labute approximate surface area is 205 Å². The third kappa shape index (κ3) is 5.45. The lowest BCUT2D eigenvalue weighted by molar-refractivity contribution is 0.213. The summed E-state index contributed by atoms with van der Waals surface area (Å²) in [6, 6.07) is 6.99. The van der Waals surface area contributed by atoms with Crippen LogP contribution in [-0.2, 0) is 13.6 Å². The molecule has 2 aromatic rings. The molecule has 10 heteroatoms. The minimum absolute atomic E-state index is 0.0479. The van der Waals surface area contributed by atoms with Crippen LogP contribution in [0.5, 0.6) is 17.2 Å². The van der Waals surface area contributed by atoms with Gasteiger partial charge in [-0.3, -0.25) is 4.57 Å². The van der Waals surface area contributed by atoms with Gasteiger partial charge >= 0.3 is 7.60 Å². The Morgan fingerprint density at radius 2 is 1.75 bits per heavy atom. The highest BCUT2D eigenvalue weighted by Crippen LogP contribution is 2.62. The summed E-state index contributed by atoms with van der Waals surface area (Å²) in [5.74, 6) is 0.922. The Morgan fingerprint density at radius 1 is 1.14 bits per heavy atom. The smallest absolute Gasteiger partial charge is 0.337 e. The van der Waals surface area contributed by atoms with E-state index >= 15 is 0 Å². The van der Waals surface area contributed by atoms with Crippen molar-refractivity contribution in [3.05, 3.63) is 40.5 Å². The molecule has 3 N–H and O–H groups in total. The molecule has 1 atom stereocenters. The predicted octanol–water partition coefficient (Wildman–Crippen LogP) is 6.91. The highest BCUT2D eigenvalue weighted by atomic mass is 127. The van der Waals surface area contributed by atoms with Crippen molar-refractivity contribution in [3.63, 3.8) is 0 Å². The molecule has 154 valence electrons. The molecule has 1 unspecified atom stereocenters. The van der Waals surface area contributed by atoms with Crippen molar-refractivity contribution in [2.24, 2.45) is 0 Å². The molecule has 0 heterocycles. The van der Waals surface area contributed by atoms with E-state index in [-0.39, 0.29) is 19.0 Å². The van der Waals surface area contributed by atoms with E-state index < -0.39 is 13.3 Å². The summed E-state index contributed by atoms with van der Waals surface area (Å²) >= 11 is 6.35. The molecular formula is C18H21I3NO5P. The fraction of sp³-hybridized carbons (Fsp3) is 0.333. The van der Waals surface area contributed by atoms with Crippen LogP contribution >= 0.6 is 75.4 Å². The van der Waals surface area contributed by atoms with Gasteiger partial charge in [-0.25, -0.2) is 0 Å². The van der Waals surface area contributed by atoms with Crippen LogP contribution in [-0.4, -0.2) is 18.3 Å². The maximum Gasteiger partial charge on any atom is 0.337 e. The molecule has 0 aliphatic rings. The molecule has 0 amide bonds. The molecule has 0 aliphatic heterocycles. The lowest BCUT2D eigenvalue weighted by atomic mass is 10.1. The Bertz CT molecular complexity index is 899. The maximum absolute atomic E-state index is 13.2. The minimum Gasteiger partial charge on any atom is -0.504 e. The van der Waals surface area contributed by atoms with Crippen LogP contribution in [0.2, 0.25) is 0 Å². The number of hydrogen-bond donors (Lipinski definition) is 2. The van der Waals surface area contributed by atoms with Crippen LogP contribution in [0.4, 0.5) is 5.69 Å². The van der Waals surface area contributed by atoms with Crippen molar-refractivity contribution in [3.8, 4) is 17.2 Å².